The Morgan fingerprint density at radius 2 is 1.92 bits per heavy atom. The van der Waals surface area contributed by atoms with Gasteiger partial charge in [0.1, 0.15) is 0 Å². The lowest BCUT2D eigenvalue weighted by Crippen LogP contribution is -2.50. The van der Waals surface area contributed by atoms with Gasteiger partial charge in [-0.2, -0.15) is 0 Å². The Labute approximate surface area is 147 Å². The predicted molar refractivity (Wildman–Crippen MR) is 99.0 cm³/mol. The number of carbonyl (C=O) groups is 1. The monoisotopic (exact) mass is 333 g/mol. The Balaban J connectivity index is 1.49. The first kappa shape index (κ1) is 17.9. The first-order valence-electron chi connectivity index (χ1n) is 10.1. The molecule has 4 heteroatoms. The summed E-state index contributed by atoms with van der Waals surface area (Å²) in [5, 5.41) is 6.75. The third-order valence-electron chi connectivity index (χ3n) is 6.25. The molecule has 4 nitrogen and oxygen atoms in total. The Bertz CT molecular complexity index is 440. The first-order valence-corrected chi connectivity index (χ1v) is 10.1. The van der Waals surface area contributed by atoms with Gasteiger partial charge in [0.25, 0.3) is 0 Å². The summed E-state index contributed by atoms with van der Waals surface area (Å²) in [4.78, 5) is 13.8. The van der Waals surface area contributed by atoms with E-state index in [-0.39, 0.29) is 5.91 Å². The van der Waals surface area contributed by atoms with Gasteiger partial charge in [0, 0.05) is 32.2 Å². The number of nitrogens with zero attached hydrogens (tertiary/aromatic N) is 1. The minimum atomic E-state index is 0.137. The van der Waals surface area contributed by atoms with Crippen LogP contribution in [0.3, 0.4) is 0 Å². The molecule has 136 valence electrons. The van der Waals surface area contributed by atoms with E-state index in [4.69, 9.17) is 0 Å². The van der Waals surface area contributed by atoms with E-state index in [1.807, 2.05) is 0 Å². The Hall–Kier alpha value is -0.870. The highest BCUT2D eigenvalue weighted by Crippen LogP contribution is 2.35. The predicted octanol–water partition coefficient (Wildman–Crippen LogP) is 2.85. The van der Waals surface area contributed by atoms with E-state index in [2.05, 4.69) is 21.6 Å². The van der Waals surface area contributed by atoms with Gasteiger partial charge in [-0.05, 0) is 57.3 Å². The quantitative estimate of drug-likeness (QED) is 0.761. The number of hydrogen-bond acceptors (Lipinski definition) is 3. The molecule has 2 N–H and O–H groups in total. The molecule has 2 atom stereocenters. The van der Waals surface area contributed by atoms with Crippen LogP contribution in [0.5, 0.6) is 0 Å². The lowest BCUT2D eigenvalue weighted by atomic mass is 9.76. The summed E-state index contributed by atoms with van der Waals surface area (Å²) >= 11 is 0. The zero-order chi connectivity index (χ0) is 16.8. The molecule has 0 aromatic heterocycles. The molecule has 0 unspecified atom stereocenters. The SMILES string of the molecule is CNC(=O)CN1CCC(N[C@H]2CCCC[C@@H]2C2=CCCCC2)CC1. The Morgan fingerprint density at radius 3 is 2.62 bits per heavy atom. The van der Waals surface area contributed by atoms with Crippen molar-refractivity contribution in [1.29, 1.82) is 0 Å². The van der Waals surface area contributed by atoms with E-state index in [9.17, 15) is 4.79 Å². The Morgan fingerprint density at radius 1 is 1.12 bits per heavy atom. The van der Waals surface area contributed by atoms with Crippen molar-refractivity contribution in [2.75, 3.05) is 26.7 Å². The summed E-state index contributed by atoms with van der Waals surface area (Å²) in [5.74, 6) is 0.931. The number of piperidine rings is 1. The average Bonchev–Trinajstić information content (AvgIpc) is 2.64. The van der Waals surface area contributed by atoms with Gasteiger partial charge in [-0.3, -0.25) is 9.69 Å². The van der Waals surface area contributed by atoms with Gasteiger partial charge in [0.05, 0.1) is 6.54 Å². The largest absolute Gasteiger partial charge is 0.358 e. The highest BCUT2D eigenvalue weighted by Gasteiger charge is 2.31. The molecule has 3 aliphatic rings. The summed E-state index contributed by atoms with van der Waals surface area (Å²) in [6.45, 7) is 2.65. The van der Waals surface area contributed by atoms with E-state index in [1.165, 1.54) is 64.2 Å². The summed E-state index contributed by atoms with van der Waals surface area (Å²) in [6, 6.07) is 1.33. The van der Waals surface area contributed by atoms with Crippen LogP contribution in [0, 0.1) is 5.92 Å². The lowest BCUT2D eigenvalue weighted by molar-refractivity contribution is -0.122. The molecule has 1 saturated carbocycles. The standard InChI is InChI=1S/C20H35N3O/c1-21-20(24)15-23-13-11-17(12-14-23)22-19-10-6-5-9-18(19)16-7-3-2-4-8-16/h7,17-19,22H,2-6,8-15H2,1H3,(H,21,24)/t18-,19+/m1/s1. The van der Waals surface area contributed by atoms with E-state index in [0.29, 0.717) is 18.6 Å². The topological polar surface area (TPSA) is 44.4 Å². The number of nitrogens with one attached hydrogen (secondary N) is 2. The summed E-state index contributed by atoms with van der Waals surface area (Å²) < 4.78 is 0. The molecular weight excluding hydrogens is 298 g/mol. The molecule has 2 aliphatic carbocycles. The highest BCUT2D eigenvalue weighted by atomic mass is 16.1. The van der Waals surface area contributed by atoms with Gasteiger partial charge in [0.2, 0.25) is 5.91 Å². The van der Waals surface area contributed by atoms with Crippen molar-refractivity contribution in [2.24, 2.45) is 5.92 Å². The number of carbonyl (C=O) groups excluding carboxylic acids is 1. The molecule has 0 aromatic carbocycles. The van der Waals surface area contributed by atoms with Gasteiger partial charge in [0.15, 0.2) is 0 Å². The van der Waals surface area contributed by atoms with E-state index in [1.54, 1.807) is 12.6 Å². The number of likely N-dealkylation sites (tertiary alicyclic amines) is 1. The second kappa shape index (κ2) is 9.00. The highest BCUT2D eigenvalue weighted by molar-refractivity contribution is 5.77. The molecule has 1 amide bonds. The minimum absolute atomic E-state index is 0.137. The van der Waals surface area contributed by atoms with Gasteiger partial charge >= 0.3 is 0 Å². The molecule has 0 radical (unpaired) electrons. The smallest absolute Gasteiger partial charge is 0.233 e. The van der Waals surface area contributed by atoms with Crippen molar-refractivity contribution < 1.29 is 4.79 Å². The second-order valence-electron chi connectivity index (χ2n) is 7.91. The molecule has 1 aliphatic heterocycles. The maximum absolute atomic E-state index is 11.5. The molecule has 2 fully saturated rings. The number of rotatable bonds is 5. The van der Waals surface area contributed by atoms with Gasteiger partial charge in [-0.25, -0.2) is 0 Å². The number of amides is 1. The van der Waals surface area contributed by atoms with Crippen LogP contribution in [0.2, 0.25) is 0 Å². The molecule has 1 saturated heterocycles. The zero-order valence-electron chi connectivity index (χ0n) is 15.4. The fourth-order valence-corrected chi connectivity index (χ4v) is 4.82. The zero-order valence-corrected chi connectivity index (χ0v) is 15.4. The van der Waals surface area contributed by atoms with Crippen LogP contribution in [0.1, 0.15) is 64.2 Å². The van der Waals surface area contributed by atoms with Crippen LogP contribution < -0.4 is 10.6 Å². The van der Waals surface area contributed by atoms with Crippen molar-refractivity contribution in [3.05, 3.63) is 11.6 Å². The van der Waals surface area contributed by atoms with Gasteiger partial charge < -0.3 is 10.6 Å². The van der Waals surface area contributed by atoms with Crippen molar-refractivity contribution in [1.82, 2.24) is 15.5 Å². The maximum Gasteiger partial charge on any atom is 0.233 e. The average molecular weight is 334 g/mol. The summed E-state index contributed by atoms with van der Waals surface area (Å²) in [5.41, 5.74) is 1.76. The van der Waals surface area contributed by atoms with E-state index < -0.39 is 0 Å². The van der Waals surface area contributed by atoms with E-state index >= 15 is 0 Å². The number of hydrogen-bond donors (Lipinski definition) is 2. The summed E-state index contributed by atoms with van der Waals surface area (Å²) in [6.07, 6.45) is 15.9. The van der Waals surface area contributed by atoms with Crippen molar-refractivity contribution in [2.45, 2.75) is 76.3 Å². The van der Waals surface area contributed by atoms with Crippen molar-refractivity contribution in [3.8, 4) is 0 Å². The minimum Gasteiger partial charge on any atom is -0.358 e. The molecule has 24 heavy (non-hydrogen) atoms. The summed E-state index contributed by atoms with van der Waals surface area (Å²) in [7, 11) is 1.72. The van der Waals surface area contributed by atoms with Gasteiger partial charge in [-0.1, -0.05) is 24.5 Å². The third kappa shape index (κ3) is 4.82. The van der Waals surface area contributed by atoms with Crippen LogP contribution in [0.15, 0.2) is 11.6 Å². The van der Waals surface area contributed by atoms with Gasteiger partial charge in [-0.15, -0.1) is 0 Å². The van der Waals surface area contributed by atoms with Crippen molar-refractivity contribution in [3.63, 3.8) is 0 Å². The Kier molecular flexibility index (Phi) is 6.73. The van der Waals surface area contributed by atoms with Crippen LogP contribution in [-0.4, -0.2) is 49.6 Å². The second-order valence-corrected chi connectivity index (χ2v) is 7.91. The molecular formula is C20H35N3O. The lowest BCUT2D eigenvalue weighted by Gasteiger charge is -2.40. The molecule has 0 aromatic rings. The number of allylic oxidation sites excluding steroid dienone is 1. The third-order valence-corrected chi connectivity index (χ3v) is 6.25. The normalized spacial score (nSPS) is 30.0. The van der Waals surface area contributed by atoms with Crippen LogP contribution in [0.4, 0.5) is 0 Å². The molecule has 0 bridgehead atoms. The molecule has 3 rings (SSSR count). The van der Waals surface area contributed by atoms with Crippen LogP contribution in [-0.2, 0) is 4.79 Å². The molecule has 1 heterocycles. The number of likely N-dealkylation sites (N-methyl/N-ethyl adjacent to an activating group) is 1. The fourth-order valence-electron chi connectivity index (χ4n) is 4.82. The fraction of sp³-hybridized carbons (Fsp3) is 0.850. The van der Waals surface area contributed by atoms with Crippen LogP contribution in [0.25, 0.3) is 0 Å². The van der Waals surface area contributed by atoms with E-state index in [0.717, 1.165) is 19.0 Å². The maximum atomic E-state index is 11.5. The molecule has 0 spiro atoms. The van der Waals surface area contributed by atoms with Crippen LogP contribution >= 0.6 is 0 Å². The van der Waals surface area contributed by atoms with Crippen molar-refractivity contribution >= 4 is 5.91 Å². The first-order chi connectivity index (χ1) is 11.8.